The van der Waals surface area contributed by atoms with Crippen molar-refractivity contribution >= 4 is 11.4 Å². The van der Waals surface area contributed by atoms with Gasteiger partial charge in [-0.05, 0) is 55.7 Å². The van der Waals surface area contributed by atoms with E-state index in [1.54, 1.807) is 22.3 Å². The molecule has 2 aliphatic carbocycles. The van der Waals surface area contributed by atoms with Gasteiger partial charge in [0.15, 0.2) is 0 Å². The number of rotatable bonds is 1. The number of aliphatic imine (C=N–C) groups is 2. The zero-order valence-electron chi connectivity index (χ0n) is 12.0. The average molecular weight is 254 g/mol. The molecule has 0 aromatic carbocycles. The molecule has 0 amide bonds. The normalized spacial score (nSPS) is 32.9. The summed E-state index contributed by atoms with van der Waals surface area (Å²) in [5.41, 5.74) is 9.48. The molecule has 0 bridgehead atoms. The van der Waals surface area contributed by atoms with Gasteiger partial charge in [0, 0.05) is 23.8 Å². The average Bonchev–Trinajstić information content (AvgIpc) is 2.85. The van der Waals surface area contributed by atoms with Crippen molar-refractivity contribution in [2.45, 2.75) is 58.4 Å². The van der Waals surface area contributed by atoms with Crippen LogP contribution in [0.3, 0.4) is 0 Å². The van der Waals surface area contributed by atoms with E-state index in [4.69, 9.17) is 9.98 Å². The zero-order valence-corrected chi connectivity index (χ0v) is 12.0. The van der Waals surface area contributed by atoms with Crippen molar-refractivity contribution in [2.75, 3.05) is 6.54 Å². The molecule has 2 nitrogen and oxygen atoms in total. The Kier molecular flexibility index (Phi) is 2.54. The van der Waals surface area contributed by atoms with E-state index in [1.165, 1.54) is 37.1 Å². The first-order valence-electron chi connectivity index (χ1n) is 7.81. The molecule has 1 fully saturated rings. The molecular formula is C17H22N2. The van der Waals surface area contributed by atoms with Crippen molar-refractivity contribution in [3.05, 3.63) is 22.3 Å². The molecule has 19 heavy (non-hydrogen) atoms. The van der Waals surface area contributed by atoms with Crippen LogP contribution in [-0.2, 0) is 0 Å². The van der Waals surface area contributed by atoms with Gasteiger partial charge in [0.2, 0.25) is 0 Å². The second-order valence-corrected chi connectivity index (χ2v) is 6.38. The molecule has 0 saturated heterocycles. The molecule has 2 unspecified atom stereocenters. The van der Waals surface area contributed by atoms with E-state index in [1.807, 2.05) is 0 Å². The van der Waals surface area contributed by atoms with Crippen LogP contribution in [0, 0.1) is 5.92 Å². The number of nitrogens with zero attached hydrogens (tertiary/aromatic N) is 2. The van der Waals surface area contributed by atoms with Crippen molar-refractivity contribution in [3.8, 4) is 0 Å². The van der Waals surface area contributed by atoms with Crippen molar-refractivity contribution in [1.82, 2.24) is 0 Å². The van der Waals surface area contributed by atoms with E-state index in [0.717, 1.165) is 19.4 Å². The Labute approximate surface area is 115 Å². The summed E-state index contributed by atoms with van der Waals surface area (Å²) in [7, 11) is 0. The van der Waals surface area contributed by atoms with Crippen molar-refractivity contribution in [3.63, 3.8) is 0 Å². The van der Waals surface area contributed by atoms with Gasteiger partial charge in [0.05, 0.1) is 12.6 Å². The van der Waals surface area contributed by atoms with Crippen molar-refractivity contribution in [1.29, 1.82) is 0 Å². The molecule has 2 aliphatic heterocycles. The molecule has 2 atom stereocenters. The quantitative estimate of drug-likeness (QED) is 0.678. The fourth-order valence-corrected chi connectivity index (χ4v) is 4.36. The van der Waals surface area contributed by atoms with Gasteiger partial charge in [-0.25, -0.2) is 0 Å². The Morgan fingerprint density at radius 2 is 2.16 bits per heavy atom. The minimum absolute atomic E-state index is 0.478. The minimum Gasteiger partial charge on any atom is -0.290 e. The summed E-state index contributed by atoms with van der Waals surface area (Å²) in [6.07, 6.45) is 7.28. The highest BCUT2D eigenvalue weighted by Gasteiger charge is 2.38. The maximum absolute atomic E-state index is 4.93. The zero-order chi connectivity index (χ0) is 13.0. The first kappa shape index (κ1) is 11.6. The lowest BCUT2D eigenvalue weighted by molar-refractivity contribution is 0.469. The smallest absolute Gasteiger partial charge is 0.0612 e. The first-order valence-corrected chi connectivity index (χ1v) is 7.81. The summed E-state index contributed by atoms with van der Waals surface area (Å²) in [5.74, 6) is 0.677. The molecule has 4 aliphatic rings. The Bertz CT molecular complexity index is 560. The van der Waals surface area contributed by atoms with Gasteiger partial charge in [0.25, 0.3) is 0 Å². The van der Waals surface area contributed by atoms with E-state index < -0.39 is 0 Å². The van der Waals surface area contributed by atoms with Crippen LogP contribution in [0.4, 0.5) is 0 Å². The van der Waals surface area contributed by atoms with E-state index >= 15 is 0 Å². The van der Waals surface area contributed by atoms with E-state index in [-0.39, 0.29) is 0 Å². The highest BCUT2D eigenvalue weighted by atomic mass is 14.8. The summed E-state index contributed by atoms with van der Waals surface area (Å²) in [4.78, 5) is 9.72. The Hall–Kier alpha value is -1.18. The first-order chi connectivity index (χ1) is 9.28. The number of hydrogen-bond donors (Lipinski definition) is 0. The summed E-state index contributed by atoms with van der Waals surface area (Å²) in [6, 6.07) is 0.478. The predicted molar refractivity (Wildman–Crippen MR) is 80.1 cm³/mol. The van der Waals surface area contributed by atoms with E-state index in [9.17, 15) is 0 Å². The summed E-state index contributed by atoms with van der Waals surface area (Å²) in [5, 5.41) is 0. The van der Waals surface area contributed by atoms with Gasteiger partial charge in [0.1, 0.15) is 0 Å². The third-order valence-electron chi connectivity index (χ3n) is 5.32. The van der Waals surface area contributed by atoms with Crippen LogP contribution in [0.5, 0.6) is 0 Å². The fourth-order valence-electron chi connectivity index (χ4n) is 4.36. The monoisotopic (exact) mass is 254 g/mol. The number of fused-ring (bicyclic) bond motifs is 1. The highest BCUT2D eigenvalue weighted by Crippen LogP contribution is 2.47. The Balaban J connectivity index is 1.83. The number of allylic oxidation sites excluding steroid dienone is 2. The predicted octanol–water partition coefficient (Wildman–Crippen LogP) is 3.88. The molecular weight excluding hydrogens is 232 g/mol. The number of hydrogen-bond acceptors (Lipinski definition) is 2. The summed E-state index contributed by atoms with van der Waals surface area (Å²) < 4.78 is 0. The van der Waals surface area contributed by atoms with Crippen LogP contribution >= 0.6 is 0 Å². The Morgan fingerprint density at radius 3 is 3.00 bits per heavy atom. The molecule has 0 aromatic heterocycles. The molecule has 2 heteroatoms. The highest BCUT2D eigenvalue weighted by molar-refractivity contribution is 6.08. The minimum atomic E-state index is 0.478. The van der Waals surface area contributed by atoms with Gasteiger partial charge in [-0.1, -0.05) is 12.5 Å². The van der Waals surface area contributed by atoms with Gasteiger partial charge in [-0.3, -0.25) is 9.98 Å². The van der Waals surface area contributed by atoms with Crippen LogP contribution in [-0.4, -0.2) is 24.0 Å². The Morgan fingerprint density at radius 1 is 1.26 bits per heavy atom. The maximum atomic E-state index is 4.93. The lowest BCUT2D eigenvalue weighted by Crippen LogP contribution is -2.31. The van der Waals surface area contributed by atoms with Crippen LogP contribution in [0.25, 0.3) is 0 Å². The largest absolute Gasteiger partial charge is 0.290 e. The van der Waals surface area contributed by atoms with Gasteiger partial charge < -0.3 is 0 Å². The second kappa shape index (κ2) is 4.16. The maximum Gasteiger partial charge on any atom is 0.0612 e. The summed E-state index contributed by atoms with van der Waals surface area (Å²) >= 11 is 0. The van der Waals surface area contributed by atoms with E-state index in [0.29, 0.717) is 12.0 Å². The van der Waals surface area contributed by atoms with Gasteiger partial charge >= 0.3 is 0 Å². The molecule has 0 radical (unpaired) electrons. The third kappa shape index (κ3) is 1.62. The van der Waals surface area contributed by atoms with Crippen LogP contribution < -0.4 is 0 Å². The van der Waals surface area contributed by atoms with Crippen LogP contribution in [0.15, 0.2) is 32.3 Å². The molecule has 0 aromatic rings. The molecule has 0 spiro atoms. The van der Waals surface area contributed by atoms with E-state index in [2.05, 4.69) is 13.8 Å². The standard InChI is InChI=1S/C17H22N2/c1-3-12-8-15-13-5-4-6-16-17(13)11(9-18-16)7-14(15)10(2)19-12/h10,14H,3-9H2,1-2H3. The van der Waals surface area contributed by atoms with Crippen molar-refractivity contribution in [2.24, 2.45) is 15.9 Å². The second-order valence-electron chi connectivity index (χ2n) is 6.38. The van der Waals surface area contributed by atoms with Crippen LogP contribution in [0.1, 0.15) is 52.4 Å². The molecule has 1 saturated carbocycles. The molecule has 2 heterocycles. The van der Waals surface area contributed by atoms with Gasteiger partial charge in [-0.15, -0.1) is 0 Å². The molecule has 0 N–H and O–H groups in total. The summed E-state index contributed by atoms with van der Waals surface area (Å²) in [6.45, 7) is 5.54. The lowest BCUT2D eigenvalue weighted by Gasteiger charge is -2.38. The SMILES string of the molecule is CCC1=NC(C)C2CC3=C4C(=NC3)CCCC4=C2C1. The fraction of sp³-hybridized carbons (Fsp3) is 0.647. The van der Waals surface area contributed by atoms with Crippen molar-refractivity contribution < 1.29 is 0 Å². The van der Waals surface area contributed by atoms with Gasteiger partial charge in [-0.2, -0.15) is 0 Å². The molecule has 4 rings (SSSR count). The van der Waals surface area contributed by atoms with Crippen LogP contribution in [0.2, 0.25) is 0 Å². The lowest BCUT2D eigenvalue weighted by atomic mass is 9.69. The third-order valence-corrected chi connectivity index (χ3v) is 5.32. The molecule has 100 valence electrons. The topological polar surface area (TPSA) is 24.7 Å².